The number of pyridine rings is 1. The summed E-state index contributed by atoms with van der Waals surface area (Å²) >= 11 is 1.52. The van der Waals surface area contributed by atoms with Gasteiger partial charge in [0.05, 0.1) is 5.60 Å². The second-order valence-electron chi connectivity index (χ2n) is 4.78. The number of aromatic nitrogens is 3. The van der Waals surface area contributed by atoms with Crippen molar-refractivity contribution in [3.63, 3.8) is 0 Å². The second kappa shape index (κ2) is 4.53. The van der Waals surface area contributed by atoms with E-state index in [2.05, 4.69) is 10.2 Å². The zero-order valence-corrected chi connectivity index (χ0v) is 10.8. The van der Waals surface area contributed by atoms with Crippen LogP contribution in [0.15, 0.2) is 29.6 Å². The van der Waals surface area contributed by atoms with E-state index in [1.165, 1.54) is 11.8 Å². The van der Waals surface area contributed by atoms with Gasteiger partial charge in [0.2, 0.25) is 0 Å². The Morgan fingerprint density at radius 3 is 3.00 bits per heavy atom. The van der Waals surface area contributed by atoms with E-state index >= 15 is 0 Å². The van der Waals surface area contributed by atoms with Crippen molar-refractivity contribution < 1.29 is 5.11 Å². The summed E-state index contributed by atoms with van der Waals surface area (Å²) in [6, 6.07) is 5.78. The van der Waals surface area contributed by atoms with Crippen molar-refractivity contribution in [3.8, 4) is 0 Å². The van der Waals surface area contributed by atoms with Gasteiger partial charge < -0.3 is 10.8 Å². The normalized spacial score (nSPS) is 19.0. The van der Waals surface area contributed by atoms with Gasteiger partial charge in [0, 0.05) is 18.5 Å². The summed E-state index contributed by atoms with van der Waals surface area (Å²) in [6.07, 6.45) is 4.08. The molecule has 5 nitrogen and oxygen atoms in total. The molecule has 96 valence electrons. The van der Waals surface area contributed by atoms with Gasteiger partial charge in [-0.3, -0.25) is 4.40 Å². The monoisotopic (exact) mass is 264 g/mol. The van der Waals surface area contributed by atoms with E-state index in [4.69, 9.17) is 5.73 Å². The van der Waals surface area contributed by atoms with E-state index in [0.29, 0.717) is 18.2 Å². The van der Waals surface area contributed by atoms with Crippen molar-refractivity contribution in [2.75, 3.05) is 12.3 Å². The van der Waals surface area contributed by atoms with Gasteiger partial charge in [-0.15, -0.1) is 10.2 Å². The van der Waals surface area contributed by atoms with Gasteiger partial charge in [0.1, 0.15) is 0 Å². The summed E-state index contributed by atoms with van der Waals surface area (Å²) in [5.41, 5.74) is 5.76. The minimum Gasteiger partial charge on any atom is -0.387 e. The fourth-order valence-electron chi connectivity index (χ4n) is 2.07. The molecule has 2 heterocycles. The Kier molecular flexibility index (Phi) is 3.01. The van der Waals surface area contributed by atoms with Gasteiger partial charge in [-0.25, -0.2) is 0 Å². The second-order valence-corrected chi connectivity index (χ2v) is 5.72. The number of aliphatic hydroxyl groups is 1. The number of thioether (sulfide) groups is 1. The predicted molar refractivity (Wildman–Crippen MR) is 70.4 cm³/mol. The molecule has 1 aliphatic rings. The van der Waals surface area contributed by atoms with Crippen molar-refractivity contribution in [2.45, 2.75) is 23.6 Å². The Balaban J connectivity index is 1.76. The first-order chi connectivity index (χ1) is 8.73. The van der Waals surface area contributed by atoms with Crippen LogP contribution in [0.2, 0.25) is 0 Å². The van der Waals surface area contributed by atoms with Crippen LogP contribution in [0.5, 0.6) is 0 Å². The summed E-state index contributed by atoms with van der Waals surface area (Å²) in [7, 11) is 0. The van der Waals surface area contributed by atoms with Gasteiger partial charge in [-0.2, -0.15) is 0 Å². The smallest absolute Gasteiger partial charge is 0.195 e. The first-order valence-electron chi connectivity index (χ1n) is 6.08. The van der Waals surface area contributed by atoms with E-state index in [9.17, 15) is 5.11 Å². The molecule has 3 N–H and O–H groups in total. The lowest BCUT2D eigenvalue weighted by atomic mass is 10.0. The third kappa shape index (κ3) is 2.11. The molecule has 0 amide bonds. The maximum absolute atomic E-state index is 10.4. The van der Waals surface area contributed by atoms with Gasteiger partial charge in [-0.05, 0) is 30.9 Å². The van der Waals surface area contributed by atoms with Gasteiger partial charge in [-0.1, -0.05) is 17.8 Å². The molecular formula is C12H16N4OS. The molecule has 0 bridgehead atoms. The van der Waals surface area contributed by atoms with Crippen LogP contribution in [0.3, 0.4) is 0 Å². The van der Waals surface area contributed by atoms with Crippen molar-refractivity contribution in [2.24, 2.45) is 11.7 Å². The van der Waals surface area contributed by atoms with Crippen molar-refractivity contribution >= 4 is 17.4 Å². The fourth-order valence-corrected chi connectivity index (χ4v) is 3.20. The van der Waals surface area contributed by atoms with E-state index in [1.54, 1.807) is 0 Å². The van der Waals surface area contributed by atoms with Crippen LogP contribution in [0.4, 0.5) is 0 Å². The third-order valence-electron chi connectivity index (χ3n) is 3.42. The third-order valence-corrected chi connectivity index (χ3v) is 4.61. The lowest BCUT2D eigenvalue weighted by Gasteiger charge is -2.25. The minimum absolute atomic E-state index is 0.307. The molecule has 2 aromatic rings. The summed E-state index contributed by atoms with van der Waals surface area (Å²) in [4.78, 5) is 0. The van der Waals surface area contributed by atoms with Crippen LogP contribution in [-0.2, 0) is 0 Å². The maximum Gasteiger partial charge on any atom is 0.195 e. The minimum atomic E-state index is -0.759. The van der Waals surface area contributed by atoms with Gasteiger partial charge in [0.25, 0.3) is 0 Å². The zero-order chi connectivity index (χ0) is 12.6. The number of hydrogen-bond acceptors (Lipinski definition) is 5. The molecule has 1 atom stereocenters. The molecule has 3 rings (SSSR count). The number of hydrogen-bond donors (Lipinski definition) is 2. The summed E-state index contributed by atoms with van der Waals surface area (Å²) < 4.78 is 1.93. The molecule has 0 radical (unpaired) electrons. The summed E-state index contributed by atoms with van der Waals surface area (Å²) in [6.45, 7) is 0.307. The first-order valence-corrected chi connectivity index (χ1v) is 7.06. The Hall–Kier alpha value is -1.11. The van der Waals surface area contributed by atoms with Crippen LogP contribution in [-0.4, -0.2) is 37.6 Å². The summed E-state index contributed by atoms with van der Waals surface area (Å²) in [5, 5.41) is 19.5. The van der Waals surface area contributed by atoms with Crippen LogP contribution in [0, 0.1) is 5.92 Å². The molecule has 1 unspecified atom stereocenters. The molecule has 0 aliphatic heterocycles. The first kappa shape index (κ1) is 12.0. The molecule has 1 saturated carbocycles. The van der Waals surface area contributed by atoms with Crippen molar-refractivity contribution in [1.82, 2.24) is 14.6 Å². The van der Waals surface area contributed by atoms with Crippen LogP contribution < -0.4 is 5.73 Å². The highest BCUT2D eigenvalue weighted by molar-refractivity contribution is 7.99. The molecule has 0 aromatic carbocycles. The molecule has 2 aromatic heterocycles. The Morgan fingerprint density at radius 2 is 2.28 bits per heavy atom. The lowest BCUT2D eigenvalue weighted by Crippen LogP contribution is -2.42. The van der Waals surface area contributed by atoms with E-state index < -0.39 is 5.60 Å². The fraction of sp³-hybridized carbons (Fsp3) is 0.500. The molecule has 18 heavy (non-hydrogen) atoms. The van der Waals surface area contributed by atoms with E-state index in [1.807, 2.05) is 28.8 Å². The average Bonchev–Trinajstić information content (AvgIpc) is 3.18. The van der Waals surface area contributed by atoms with Crippen molar-refractivity contribution in [3.05, 3.63) is 24.4 Å². The topological polar surface area (TPSA) is 76.4 Å². The van der Waals surface area contributed by atoms with Crippen molar-refractivity contribution in [1.29, 1.82) is 0 Å². The lowest BCUT2D eigenvalue weighted by molar-refractivity contribution is 0.0509. The predicted octanol–water partition coefficient (Wildman–Crippen LogP) is 0.921. The molecule has 0 spiro atoms. The van der Waals surface area contributed by atoms with E-state index in [0.717, 1.165) is 23.6 Å². The van der Waals surface area contributed by atoms with E-state index in [-0.39, 0.29) is 0 Å². The van der Waals surface area contributed by atoms with Crippen LogP contribution >= 0.6 is 11.8 Å². The molecule has 6 heteroatoms. The van der Waals surface area contributed by atoms with Gasteiger partial charge in [0.15, 0.2) is 10.8 Å². The van der Waals surface area contributed by atoms with Gasteiger partial charge >= 0.3 is 0 Å². The number of fused-ring (bicyclic) bond motifs is 1. The maximum atomic E-state index is 10.4. The quantitative estimate of drug-likeness (QED) is 0.785. The Labute approximate surface area is 109 Å². The number of nitrogens with two attached hydrogens (primary N) is 1. The standard InChI is InChI=1S/C12H16N4OS/c13-7-12(17,9-4-5-9)8-18-11-15-14-10-3-1-2-6-16(10)11/h1-3,6,9,17H,4-5,7-8,13H2. The highest BCUT2D eigenvalue weighted by Gasteiger charge is 2.42. The van der Waals surface area contributed by atoms with Crippen LogP contribution in [0.1, 0.15) is 12.8 Å². The highest BCUT2D eigenvalue weighted by Crippen LogP contribution is 2.41. The van der Waals surface area contributed by atoms with Crippen LogP contribution in [0.25, 0.3) is 5.65 Å². The number of nitrogens with zero attached hydrogens (tertiary/aromatic N) is 3. The zero-order valence-electron chi connectivity index (χ0n) is 9.99. The average molecular weight is 264 g/mol. The highest BCUT2D eigenvalue weighted by atomic mass is 32.2. The molecule has 1 aliphatic carbocycles. The number of rotatable bonds is 5. The molecule has 1 fully saturated rings. The SMILES string of the molecule is NCC(O)(CSc1nnc2ccccn12)C1CC1. The Bertz CT molecular complexity index is 554. The molecular weight excluding hydrogens is 248 g/mol. The molecule has 0 saturated heterocycles. The largest absolute Gasteiger partial charge is 0.387 e. The Morgan fingerprint density at radius 1 is 1.44 bits per heavy atom. The summed E-state index contributed by atoms with van der Waals surface area (Å²) in [5.74, 6) is 0.929.